The lowest BCUT2D eigenvalue weighted by molar-refractivity contribution is 0.633. The molecule has 0 atom stereocenters. The number of rotatable bonds is 4. The molecule has 0 aliphatic carbocycles. The summed E-state index contributed by atoms with van der Waals surface area (Å²) in [5.74, 6) is 0.898. The Balaban J connectivity index is 1.12. The molecular weight excluding hydrogens is 737 g/mol. The van der Waals surface area contributed by atoms with Gasteiger partial charge in [0.05, 0.1) is 0 Å². The zero-order valence-corrected chi connectivity index (χ0v) is 32.5. The molecule has 0 aliphatic heterocycles. The average Bonchev–Trinajstić information content (AvgIpc) is 3.99. The van der Waals surface area contributed by atoms with Gasteiger partial charge in [-0.1, -0.05) is 164 Å². The Morgan fingerprint density at radius 3 is 1.61 bits per heavy atom. The van der Waals surface area contributed by atoms with Crippen LogP contribution in [0.5, 0.6) is 0 Å². The van der Waals surface area contributed by atoms with Crippen molar-refractivity contribution < 1.29 is 8.83 Å². The van der Waals surface area contributed by atoms with Gasteiger partial charge in [0.1, 0.15) is 22.5 Å². The smallest absolute Gasteiger partial charge is 0.143 e. The first-order chi connectivity index (χ1) is 29.3. The summed E-state index contributed by atoms with van der Waals surface area (Å²) >= 11 is 1.84. The monoisotopic (exact) mass is 768 g/mol. The predicted octanol–water partition coefficient (Wildman–Crippen LogP) is 16.8. The quantitative estimate of drug-likeness (QED) is 0.167. The van der Waals surface area contributed by atoms with Crippen molar-refractivity contribution in [1.29, 1.82) is 0 Å². The lowest BCUT2D eigenvalue weighted by atomic mass is 9.84. The predicted molar refractivity (Wildman–Crippen MR) is 251 cm³/mol. The van der Waals surface area contributed by atoms with Gasteiger partial charge >= 0.3 is 0 Å². The molecule has 3 heteroatoms. The SMILES string of the molecule is c1ccc(-c2oc3cc4sc5cccc(-c6c7ccccc7c(-c7cccc8oc9c%10ccccc%10ccc9c78)c7ccccc67)c5c4cc3c2-c2ccccc2)cc1. The summed E-state index contributed by atoms with van der Waals surface area (Å²) in [6, 6.07) is 70.0. The van der Waals surface area contributed by atoms with Crippen molar-refractivity contribution in [2.45, 2.75) is 0 Å². The van der Waals surface area contributed by atoms with E-state index >= 15 is 0 Å². The fourth-order valence-electron chi connectivity index (χ4n) is 9.78. The molecule has 2 nitrogen and oxygen atoms in total. The number of benzene rings is 10. The average molecular weight is 769 g/mol. The molecule has 0 unspecified atom stereocenters. The van der Waals surface area contributed by atoms with Crippen molar-refractivity contribution >= 4 is 96.7 Å². The van der Waals surface area contributed by atoms with Crippen molar-refractivity contribution in [3.05, 3.63) is 194 Å². The zero-order chi connectivity index (χ0) is 38.6. The van der Waals surface area contributed by atoms with E-state index in [1.807, 2.05) is 11.3 Å². The van der Waals surface area contributed by atoms with Gasteiger partial charge in [0.25, 0.3) is 0 Å². The standard InChI is InChI=1S/C56H32O2S/c1-3-16-34(17-4-1)50-44-31-45-49(32-47(44)58-55(50)35-18-5-2-6-19-35)59-48-28-14-26-42(54(45)48)52-39-23-11-9-21-37(39)51(38-22-10-12-24-40(38)52)41-25-13-27-46-53(41)43-30-29-33-15-7-8-20-36(33)56(43)57-46/h1-32H. The van der Waals surface area contributed by atoms with E-state index in [9.17, 15) is 0 Å². The highest BCUT2D eigenvalue weighted by atomic mass is 32.1. The molecule has 13 aromatic rings. The highest BCUT2D eigenvalue weighted by Crippen LogP contribution is 2.51. The van der Waals surface area contributed by atoms with Gasteiger partial charge in [-0.2, -0.15) is 0 Å². The fourth-order valence-corrected chi connectivity index (χ4v) is 10.9. The summed E-state index contributed by atoms with van der Waals surface area (Å²) in [4.78, 5) is 0. The van der Waals surface area contributed by atoms with Crippen LogP contribution < -0.4 is 0 Å². The summed E-state index contributed by atoms with van der Waals surface area (Å²) < 4.78 is 16.0. The summed E-state index contributed by atoms with van der Waals surface area (Å²) in [5, 5.41) is 13.1. The topological polar surface area (TPSA) is 26.3 Å². The van der Waals surface area contributed by atoms with Crippen LogP contribution in [0.2, 0.25) is 0 Å². The van der Waals surface area contributed by atoms with Crippen LogP contribution in [0.4, 0.5) is 0 Å². The first kappa shape index (κ1) is 32.6. The lowest BCUT2D eigenvalue weighted by Gasteiger charge is -2.19. The van der Waals surface area contributed by atoms with E-state index in [1.54, 1.807) is 0 Å². The lowest BCUT2D eigenvalue weighted by Crippen LogP contribution is -1.91. The molecule has 0 saturated heterocycles. The van der Waals surface area contributed by atoms with Crippen LogP contribution in [0.15, 0.2) is 203 Å². The summed E-state index contributed by atoms with van der Waals surface area (Å²) in [6.07, 6.45) is 0. The number of hydrogen-bond acceptors (Lipinski definition) is 3. The van der Waals surface area contributed by atoms with E-state index in [4.69, 9.17) is 8.83 Å². The van der Waals surface area contributed by atoms with Gasteiger partial charge in [0, 0.05) is 52.8 Å². The largest absolute Gasteiger partial charge is 0.455 e. The molecule has 0 N–H and O–H groups in total. The van der Waals surface area contributed by atoms with Crippen molar-refractivity contribution in [3.63, 3.8) is 0 Å². The molecule has 0 bridgehead atoms. The van der Waals surface area contributed by atoms with Crippen LogP contribution in [0, 0.1) is 0 Å². The molecule has 13 rings (SSSR count). The second-order valence-electron chi connectivity index (χ2n) is 15.4. The van der Waals surface area contributed by atoms with E-state index in [0.29, 0.717) is 0 Å². The first-order valence-electron chi connectivity index (χ1n) is 20.1. The van der Waals surface area contributed by atoms with Gasteiger partial charge in [-0.15, -0.1) is 11.3 Å². The molecule has 3 aromatic heterocycles. The van der Waals surface area contributed by atoms with E-state index < -0.39 is 0 Å². The fraction of sp³-hybridized carbons (Fsp3) is 0. The van der Waals surface area contributed by atoms with Gasteiger partial charge in [0.15, 0.2) is 0 Å². The van der Waals surface area contributed by atoms with E-state index in [2.05, 4.69) is 194 Å². The van der Waals surface area contributed by atoms with Crippen LogP contribution in [0.25, 0.3) is 130 Å². The minimum Gasteiger partial charge on any atom is -0.455 e. The third-order valence-electron chi connectivity index (χ3n) is 12.3. The molecule has 0 aliphatic rings. The molecule has 10 aromatic carbocycles. The van der Waals surface area contributed by atoms with Crippen molar-refractivity contribution in [1.82, 2.24) is 0 Å². The third-order valence-corrected chi connectivity index (χ3v) is 13.4. The number of thiophene rings is 1. The molecular formula is C56H32O2S. The summed E-state index contributed by atoms with van der Waals surface area (Å²) in [5.41, 5.74) is 11.0. The maximum Gasteiger partial charge on any atom is 0.143 e. The number of hydrogen-bond donors (Lipinski definition) is 0. The molecule has 0 spiro atoms. The number of furan rings is 2. The highest BCUT2D eigenvalue weighted by molar-refractivity contribution is 7.26. The van der Waals surface area contributed by atoms with Gasteiger partial charge < -0.3 is 8.83 Å². The van der Waals surface area contributed by atoms with Crippen molar-refractivity contribution in [3.8, 4) is 44.7 Å². The normalized spacial score (nSPS) is 12.1. The van der Waals surface area contributed by atoms with E-state index in [0.717, 1.165) is 60.7 Å². The van der Waals surface area contributed by atoms with Crippen LogP contribution >= 0.6 is 11.3 Å². The molecule has 0 saturated carbocycles. The Hall–Kier alpha value is -7.46. The molecule has 59 heavy (non-hydrogen) atoms. The minimum absolute atomic E-state index is 0.898. The van der Waals surface area contributed by atoms with Crippen LogP contribution in [0.3, 0.4) is 0 Å². The first-order valence-corrected chi connectivity index (χ1v) is 20.9. The zero-order valence-electron chi connectivity index (χ0n) is 31.7. The van der Waals surface area contributed by atoms with Crippen LogP contribution in [0.1, 0.15) is 0 Å². The molecule has 3 heterocycles. The molecule has 0 radical (unpaired) electrons. The van der Waals surface area contributed by atoms with E-state index in [-0.39, 0.29) is 0 Å². The molecule has 0 amide bonds. The second kappa shape index (κ2) is 12.5. The van der Waals surface area contributed by atoms with Crippen molar-refractivity contribution in [2.75, 3.05) is 0 Å². The van der Waals surface area contributed by atoms with Gasteiger partial charge in [-0.05, 0) is 85.1 Å². The van der Waals surface area contributed by atoms with E-state index in [1.165, 1.54) is 69.4 Å². The summed E-state index contributed by atoms with van der Waals surface area (Å²) in [7, 11) is 0. The summed E-state index contributed by atoms with van der Waals surface area (Å²) in [6.45, 7) is 0. The maximum atomic E-state index is 6.80. The molecule has 274 valence electrons. The van der Waals surface area contributed by atoms with Gasteiger partial charge in [0.2, 0.25) is 0 Å². The number of fused-ring (bicyclic) bond motifs is 11. The van der Waals surface area contributed by atoms with Crippen LogP contribution in [-0.4, -0.2) is 0 Å². The Labute approximate surface area is 342 Å². The second-order valence-corrected chi connectivity index (χ2v) is 16.5. The maximum absolute atomic E-state index is 6.80. The van der Waals surface area contributed by atoms with Gasteiger partial charge in [-0.3, -0.25) is 0 Å². The Kier molecular flexibility index (Phi) is 6.92. The highest BCUT2D eigenvalue weighted by Gasteiger charge is 2.24. The Morgan fingerprint density at radius 1 is 0.322 bits per heavy atom. The van der Waals surface area contributed by atoms with Crippen molar-refractivity contribution in [2.24, 2.45) is 0 Å². The minimum atomic E-state index is 0.898. The Bertz CT molecular complexity index is 3770. The van der Waals surface area contributed by atoms with Gasteiger partial charge in [-0.25, -0.2) is 0 Å². The molecule has 0 fully saturated rings. The third kappa shape index (κ3) is 4.74. The van der Waals surface area contributed by atoms with Crippen LogP contribution in [-0.2, 0) is 0 Å². The Morgan fingerprint density at radius 2 is 0.915 bits per heavy atom.